The average molecular weight is 451 g/mol. The van der Waals surface area contributed by atoms with Crippen LogP contribution in [0.5, 0.6) is 5.75 Å². The fourth-order valence-electron chi connectivity index (χ4n) is 4.77. The first-order valence-corrected chi connectivity index (χ1v) is 11.1. The molecule has 1 saturated carbocycles. The van der Waals surface area contributed by atoms with Crippen molar-refractivity contribution in [2.24, 2.45) is 23.5 Å². The fraction of sp³-hybridized carbons (Fsp3) is 0.360. The Morgan fingerprint density at radius 2 is 2.03 bits per heavy atom. The molecule has 0 bridgehead atoms. The van der Waals surface area contributed by atoms with Crippen LogP contribution in [0.2, 0.25) is 0 Å². The molecule has 7 nitrogen and oxygen atoms in total. The van der Waals surface area contributed by atoms with Crippen LogP contribution >= 0.6 is 0 Å². The van der Waals surface area contributed by atoms with Gasteiger partial charge in [0.15, 0.2) is 0 Å². The topological polar surface area (TPSA) is 107 Å². The molecule has 1 aliphatic rings. The number of pyridine rings is 2. The van der Waals surface area contributed by atoms with Gasteiger partial charge in [-0.2, -0.15) is 0 Å². The van der Waals surface area contributed by atoms with E-state index in [1.54, 1.807) is 24.4 Å². The molecule has 3 aromatic rings. The van der Waals surface area contributed by atoms with Gasteiger partial charge in [-0.3, -0.25) is 14.6 Å². The molecule has 4 atom stereocenters. The van der Waals surface area contributed by atoms with Crippen molar-refractivity contribution in [3.63, 3.8) is 0 Å². The number of fused-ring (bicyclic) bond motifs is 1. The second-order valence-corrected chi connectivity index (χ2v) is 8.62. The number of rotatable bonds is 7. The molecule has 1 aromatic carbocycles. The molecule has 2 aromatic heterocycles. The van der Waals surface area contributed by atoms with Gasteiger partial charge in [0.2, 0.25) is 11.8 Å². The second-order valence-electron chi connectivity index (χ2n) is 8.62. The second kappa shape index (κ2) is 9.52. The van der Waals surface area contributed by atoms with Crippen LogP contribution in [-0.4, -0.2) is 27.9 Å². The van der Waals surface area contributed by atoms with Crippen LogP contribution in [-0.2, 0) is 4.79 Å². The summed E-state index contributed by atoms with van der Waals surface area (Å²) in [5, 5.41) is 3.50. The van der Waals surface area contributed by atoms with Gasteiger partial charge in [-0.1, -0.05) is 13.8 Å². The van der Waals surface area contributed by atoms with E-state index in [4.69, 9.17) is 10.5 Å². The molecule has 4 rings (SSSR count). The lowest BCUT2D eigenvalue weighted by Crippen LogP contribution is -2.31. The Labute approximate surface area is 191 Å². The zero-order chi connectivity index (χ0) is 23.5. The molecule has 2 heterocycles. The molecule has 4 unspecified atom stereocenters. The number of hydrogen-bond acceptors (Lipinski definition) is 5. The van der Waals surface area contributed by atoms with Crippen molar-refractivity contribution in [3.8, 4) is 5.75 Å². The Bertz CT molecular complexity index is 1170. The molecular weight excluding hydrogens is 423 g/mol. The van der Waals surface area contributed by atoms with Crippen LogP contribution < -0.4 is 15.8 Å². The van der Waals surface area contributed by atoms with E-state index in [0.717, 1.165) is 12.8 Å². The highest BCUT2D eigenvalue weighted by Crippen LogP contribution is 2.41. The number of amides is 2. The fourth-order valence-corrected chi connectivity index (χ4v) is 4.77. The monoisotopic (exact) mass is 450 g/mol. The highest BCUT2D eigenvalue weighted by Gasteiger charge is 2.40. The van der Waals surface area contributed by atoms with E-state index in [1.807, 2.05) is 6.92 Å². The zero-order valence-corrected chi connectivity index (χ0v) is 18.6. The Hall–Kier alpha value is -3.55. The maximum absolute atomic E-state index is 13.8. The van der Waals surface area contributed by atoms with Crippen molar-refractivity contribution in [3.05, 3.63) is 60.2 Å². The summed E-state index contributed by atoms with van der Waals surface area (Å²) in [5.74, 6) is 0.181. The number of anilines is 1. The van der Waals surface area contributed by atoms with Crippen molar-refractivity contribution in [1.29, 1.82) is 0 Å². The van der Waals surface area contributed by atoms with Crippen LogP contribution in [0.1, 0.15) is 43.5 Å². The van der Waals surface area contributed by atoms with E-state index in [9.17, 15) is 14.0 Å². The molecule has 0 saturated heterocycles. The molecule has 3 N–H and O–H groups in total. The first-order chi connectivity index (χ1) is 15.9. The van der Waals surface area contributed by atoms with Crippen LogP contribution in [0.4, 0.5) is 10.2 Å². The van der Waals surface area contributed by atoms with Crippen LogP contribution in [0, 0.1) is 23.6 Å². The van der Waals surface area contributed by atoms with Gasteiger partial charge in [0.1, 0.15) is 17.4 Å². The lowest BCUT2D eigenvalue weighted by atomic mass is 9.82. The van der Waals surface area contributed by atoms with Gasteiger partial charge in [0, 0.05) is 23.7 Å². The summed E-state index contributed by atoms with van der Waals surface area (Å²) in [6.45, 7) is 4.13. The number of primary amides is 1. The number of carbonyl (C=O) groups is 2. The van der Waals surface area contributed by atoms with E-state index < -0.39 is 5.91 Å². The Morgan fingerprint density at radius 3 is 2.73 bits per heavy atom. The van der Waals surface area contributed by atoms with Crippen LogP contribution in [0.3, 0.4) is 0 Å². The quantitative estimate of drug-likeness (QED) is 0.557. The molecule has 2 amide bonds. The molecular formula is C25H27FN4O3. The number of benzene rings is 1. The van der Waals surface area contributed by atoms with Crippen molar-refractivity contribution in [2.75, 3.05) is 5.32 Å². The van der Waals surface area contributed by atoms with Gasteiger partial charge >= 0.3 is 0 Å². The Kier molecular flexibility index (Phi) is 6.53. The molecule has 172 valence electrons. The molecule has 33 heavy (non-hydrogen) atoms. The molecule has 0 aliphatic heterocycles. The Balaban J connectivity index is 1.45. The Morgan fingerprint density at radius 1 is 1.21 bits per heavy atom. The first kappa shape index (κ1) is 22.6. The summed E-state index contributed by atoms with van der Waals surface area (Å²) in [6.07, 6.45) is 5.14. The van der Waals surface area contributed by atoms with Gasteiger partial charge in [0.25, 0.3) is 0 Å². The van der Waals surface area contributed by atoms with E-state index in [0.29, 0.717) is 28.9 Å². The maximum atomic E-state index is 13.8. The van der Waals surface area contributed by atoms with Gasteiger partial charge in [-0.25, -0.2) is 9.37 Å². The van der Waals surface area contributed by atoms with E-state index >= 15 is 0 Å². The molecule has 8 heteroatoms. The van der Waals surface area contributed by atoms with Crippen LogP contribution in [0.25, 0.3) is 10.9 Å². The highest BCUT2D eigenvalue weighted by atomic mass is 19.1. The smallest absolute Gasteiger partial charge is 0.250 e. The standard InChI is InChI=1S/C25H27FN4O3/c1-3-18(25(32)30-23-7-4-15(13-29-23)24(27)31)19-12-17(10-14(19)2)33-22-8-9-28-21-6-5-16(26)11-20(21)22/h4-9,11,13-14,17-19H,3,10,12H2,1-2H3,(H2,27,31)(H,29,30,32). The average Bonchev–Trinajstić information content (AvgIpc) is 3.14. The van der Waals surface area contributed by atoms with Gasteiger partial charge in [-0.15, -0.1) is 0 Å². The number of halogens is 1. The number of aromatic nitrogens is 2. The largest absolute Gasteiger partial charge is 0.490 e. The van der Waals surface area contributed by atoms with Gasteiger partial charge in [-0.05, 0) is 67.5 Å². The minimum Gasteiger partial charge on any atom is -0.490 e. The lowest BCUT2D eigenvalue weighted by molar-refractivity contribution is -0.122. The van der Waals surface area contributed by atoms with Gasteiger partial charge < -0.3 is 15.8 Å². The number of hydrogen-bond donors (Lipinski definition) is 2. The maximum Gasteiger partial charge on any atom is 0.250 e. The molecule has 1 aliphatic carbocycles. The third-order valence-electron chi connectivity index (χ3n) is 6.45. The van der Waals surface area contributed by atoms with Crippen molar-refractivity contribution < 1.29 is 18.7 Å². The lowest BCUT2D eigenvalue weighted by Gasteiger charge is -2.24. The third kappa shape index (κ3) is 4.94. The minimum absolute atomic E-state index is 0.0753. The van der Waals surface area contributed by atoms with Crippen molar-refractivity contribution >= 4 is 28.5 Å². The van der Waals surface area contributed by atoms with E-state index in [1.165, 1.54) is 24.4 Å². The number of ether oxygens (including phenoxy) is 1. The minimum atomic E-state index is -0.567. The number of nitrogens with one attached hydrogen (secondary N) is 1. The predicted octanol–water partition coefficient (Wildman–Crippen LogP) is 4.33. The summed E-state index contributed by atoms with van der Waals surface area (Å²) in [4.78, 5) is 32.6. The zero-order valence-electron chi connectivity index (χ0n) is 18.6. The SMILES string of the molecule is CCC(C(=O)Nc1ccc(C(N)=O)cn1)C1CC(Oc2ccnc3ccc(F)cc23)CC1C. The van der Waals surface area contributed by atoms with E-state index in [-0.39, 0.29) is 41.1 Å². The number of nitrogens with two attached hydrogens (primary N) is 1. The third-order valence-corrected chi connectivity index (χ3v) is 6.45. The summed E-state index contributed by atoms with van der Waals surface area (Å²) < 4.78 is 20.1. The normalized spacial score (nSPS) is 21.0. The molecule has 0 spiro atoms. The van der Waals surface area contributed by atoms with E-state index in [2.05, 4.69) is 22.2 Å². The van der Waals surface area contributed by atoms with Crippen molar-refractivity contribution in [2.45, 2.75) is 39.2 Å². The van der Waals surface area contributed by atoms with Crippen molar-refractivity contribution in [1.82, 2.24) is 9.97 Å². The summed E-state index contributed by atoms with van der Waals surface area (Å²) >= 11 is 0. The highest BCUT2D eigenvalue weighted by molar-refractivity contribution is 5.94. The number of carbonyl (C=O) groups excluding carboxylic acids is 2. The first-order valence-electron chi connectivity index (χ1n) is 11.1. The summed E-state index contributed by atoms with van der Waals surface area (Å²) in [7, 11) is 0. The molecule has 1 fully saturated rings. The summed E-state index contributed by atoms with van der Waals surface area (Å²) in [6, 6.07) is 9.32. The van der Waals surface area contributed by atoms with Crippen LogP contribution in [0.15, 0.2) is 48.8 Å². The number of nitrogens with zero attached hydrogens (tertiary/aromatic N) is 2. The predicted molar refractivity (Wildman–Crippen MR) is 123 cm³/mol. The summed E-state index contributed by atoms with van der Waals surface area (Å²) in [5.41, 5.74) is 6.20. The molecule has 0 radical (unpaired) electrons. The van der Waals surface area contributed by atoms with Gasteiger partial charge in [0.05, 0.1) is 17.2 Å².